The van der Waals surface area contributed by atoms with E-state index in [1.807, 2.05) is 6.92 Å². The summed E-state index contributed by atoms with van der Waals surface area (Å²) >= 11 is 0.745. The first kappa shape index (κ1) is 106. The number of aromatic nitrogens is 2. The summed E-state index contributed by atoms with van der Waals surface area (Å²) in [6.45, 7) is 3.65. The van der Waals surface area contributed by atoms with Crippen LogP contribution in [-0.2, 0) is 110 Å². The second-order valence-corrected chi connectivity index (χ2v) is 35.1. The van der Waals surface area contributed by atoms with E-state index in [2.05, 4.69) is 52.5 Å². The number of carbonyl (C=O) groups excluding carboxylic acids is 16. The average Bonchev–Trinajstić information content (AvgIpc) is 1.39. The lowest BCUT2D eigenvalue weighted by atomic mass is 9.91. The van der Waals surface area contributed by atoms with Gasteiger partial charge in [0.1, 0.15) is 72.2 Å². The molecular formula is C91H126N18O24S. The number of Topliss-reactive ketones (excluding diaryl/α,β-unsaturated/α-hetero) is 2. The second-order valence-electron chi connectivity index (χ2n) is 34.1. The number of ether oxygens (including phenoxy) is 1. The molecule has 15 atom stereocenters. The Morgan fingerprint density at radius 3 is 1.65 bits per heavy atom. The lowest BCUT2D eigenvalue weighted by Crippen LogP contribution is -2.61. The van der Waals surface area contributed by atoms with Gasteiger partial charge in [-0.3, -0.25) is 91.1 Å². The molecule has 3 fully saturated rings. The number of fused-ring (bicyclic) bond motifs is 4. The van der Waals surface area contributed by atoms with Gasteiger partial charge in [0.2, 0.25) is 82.7 Å². The van der Waals surface area contributed by atoms with Gasteiger partial charge in [0.15, 0.2) is 11.6 Å². The van der Waals surface area contributed by atoms with E-state index in [0.29, 0.717) is 63.5 Å². The highest BCUT2D eigenvalue weighted by atomic mass is 32.2. The van der Waals surface area contributed by atoms with Gasteiger partial charge in [-0.05, 0) is 106 Å². The Kier molecular flexibility index (Phi) is 40.8. The normalized spacial score (nSPS) is 24.9. The molecular weight excluding hydrogens is 1760 g/mol. The minimum absolute atomic E-state index is 0.0646. The first-order valence-electron chi connectivity index (χ1n) is 45.0. The van der Waals surface area contributed by atoms with Crippen molar-refractivity contribution in [2.24, 2.45) is 23.1 Å². The number of hydrogen-bond donors (Lipinski definition) is 17. The number of rotatable bonds is 29. The van der Waals surface area contributed by atoms with Crippen LogP contribution in [0.2, 0.25) is 0 Å². The van der Waals surface area contributed by atoms with Gasteiger partial charge in [-0.1, -0.05) is 88.1 Å². The molecule has 14 amide bonds. The van der Waals surface area contributed by atoms with Gasteiger partial charge in [-0.2, -0.15) is 0 Å². The minimum atomic E-state index is -1.91. The summed E-state index contributed by atoms with van der Waals surface area (Å²) in [6, 6.07) is -0.678. The molecule has 0 unspecified atom stereocenters. The van der Waals surface area contributed by atoms with E-state index in [1.165, 1.54) is 35.2 Å². The van der Waals surface area contributed by atoms with Crippen LogP contribution in [0.15, 0.2) is 85.2 Å². The van der Waals surface area contributed by atoms with E-state index in [-0.39, 0.29) is 83.7 Å². The maximum absolute atomic E-state index is 15.8. The molecule has 134 heavy (non-hydrogen) atoms. The highest BCUT2D eigenvalue weighted by Crippen LogP contribution is 2.29. The fourth-order valence-corrected chi connectivity index (χ4v) is 17.6. The van der Waals surface area contributed by atoms with Gasteiger partial charge in [0, 0.05) is 132 Å². The van der Waals surface area contributed by atoms with Crippen LogP contribution < -0.4 is 64.5 Å². The number of benzene rings is 3. The standard InChI is InChI=1S/C91H126N18O24S/c1-8-10-24-69-84(125)98-61(31-34-77(115)116)82(123)104-68(73(111)32-33-75(94)113)48-134-49-76(114)97-64(37-51-27-29-56(133-7)30-28-51)87(128)105(4)50(3)80(121)101-66(43-79(119)120)90(131)108-36-18-26-70(108)85(126)103-67(44-93)83(124)99-62(23-16-17-35-92)89(130)109-47-55(110)42-72(109)86(127)100-63(38-53-45-95-59-21-14-12-19-57(53)59)74(112)40-52(41-78(117)118)81(122)102-65(39-54-46-96-60-22-15-13-20-58(54)60)88(129)107(6)71(25-11-9-2)91(132)106(69)5/h12-15,19-22,27-30,45-46,50,52,55,61-72,95-96,110H,8-11,16-18,23-26,31-44,47-49,92-93H2,1-7H3,(H2,94,113)(H,97,114)(H,98,125)(H,99,124)(H,100,127)(H,101,121)(H,102,122)(H,103,126)(H,104,123)(H,115,116)(H,117,118)(H,119,120)/t50-,52-,55+,61-,62-,63-,64-,65-,66-,67-,68-,69-,70-,71-,72-/m0/s1. The first-order valence-corrected chi connectivity index (χ1v) is 46.2. The number of methoxy groups -OCH3 is 1. The summed E-state index contributed by atoms with van der Waals surface area (Å²) in [5.41, 5.74) is 20.1. The van der Waals surface area contributed by atoms with Gasteiger partial charge in [0.25, 0.3) is 0 Å². The number of carboxylic acids is 3. The molecule has 0 radical (unpaired) electrons. The number of para-hydroxylation sites is 2. The van der Waals surface area contributed by atoms with Gasteiger partial charge < -0.3 is 119 Å². The smallest absolute Gasteiger partial charge is 0.305 e. The Hall–Kier alpha value is -12.9. The van der Waals surface area contributed by atoms with Gasteiger partial charge in [0.05, 0.1) is 49.8 Å². The zero-order valence-electron chi connectivity index (χ0n) is 76.4. The van der Waals surface area contributed by atoms with Crippen LogP contribution in [0.25, 0.3) is 21.8 Å². The molecule has 5 aromatic rings. The second kappa shape index (κ2) is 51.4. The third-order valence-electron chi connectivity index (χ3n) is 24.4. The van der Waals surface area contributed by atoms with Gasteiger partial charge in [-0.25, -0.2) is 0 Å². The Bertz CT molecular complexity index is 5050. The number of aliphatic carboxylic acids is 3. The molecule has 730 valence electrons. The quantitative estimate of drug-likeness (QED) is 0.0267. The summed E-state index contributed by atoms with van der Waals surface area (Å²) in [5, 5.41) is 64.3. The highest BCUT2D eigenvalue weighted by molar-refractivity contribution is 8.00. The number of nitrogens with one attached hydrogen (secondary N) is 10. The first-order chi connectivity index (χ1) is 63.8. The van der Waals surface area contributed by atoms with Crippen molar-refractivity contribution in [3.05, 3.63) is 102 Å². The Morgan fingerprint density at radius 2 is 1.05 bits per heavy atom. The van der Waals surface area contributed by atoms with Crippen LogP contribution in [0.4, 0.5) is 0 Å². The van der Waals surface area contributed by atoms with E-state index in [4.69, 9.17) is 21.9 Å². The third kappa shape index (κ3) is 29.8. The summed E-state index contributed by atoms with van der Waals surface area (Å²) in [7, 11) is 5.18. The molecule has 0 aliphatic carbocycles. The number of nitrogens with zero attached hydrogens (tertiary/aromatic N) is 5. The molecule has 20 N–H and O–H groups in total. The minimum Gasteiger partial charge on any atom is -0.497 e. The number of aliphatic hydroxyl groups is 1. The van der Waals surface area contributed by atoms with E-state index < -0.39 is 279 Å². The summed E-state index contributed by atoms with van der Waals surface area (Å²) in [5.74, 6) is -22.5. The molecule has 0 bridgehead atoms. The average molecular weight is 1890 g/mol. The number of primary amides is 1. The molecule has 2 aromatic heterocycles. The maximum Gasteiger partial charge on any atom is 0.305 e. The van der Waals surface area contributed by atoms with Crippen molar-refractivity contribution in [3.8, 4) is 5.75 Å². The van der Waals surface area contributed by atoms with E-state index in [1.54, 1.807) is 92.1 Å². The van der Waals surface area contributed by atoms with E-state index >= 15 is 33.6 Å². The number of carboxylic acid groups (broad SMARTS) is 3. The summed E-state index contributed by atoms with van der Waals surface area (Å²) in [4.78, 5) is 286. The number of unbranched alkanes of at least 4 members (excludes halogenated alkanes) is 3. The number of nitrogens with two attached hydrogens (primary N) is 3. The number of amides is 14. The van der Waals surface area contributed by atoms with Gasteiger partial charge >= 0.3 is 17.9 Å². The fourth-order valence-electron chi connectivity index (χ4n) is 16.7. The van der Waals surface area contributed by atoms with Crippen molar-refractivity contribution in [2.75, 3.05) is 65.9 Å². The van der Waals surface area contributed by atoms with Crippen LogP contribution in [0.5, 0.6) is 5.75 Å². The molecule has 0 spiro atoms. The third-order valence-corrected chi connectivity index (χ3v) is 25.5. The van der Waals surface area contributed by atoms with E-state index in [9.17, 15) is 78.0 Å². The lowest BCUT2D eigenvalue weighted by molar-refractivity contribution is -0.150. The van der Waals surface area contributed by atoms with Crippen LogP contribution in [0.1, 0.15) is 159 Å². The zero-order valence-corrected chi connectivity index (χ0v) is 77.2. The molecule has 43 heteroatoms. The SMILES string of the molecule is CCCC[C@H]1C(=O)N(C)[C@@H](CCCC)C(=O)N[C@@H](CCC(=O)O)C(=O)N[C@H](C(=O)CCC(N)=O)CSCC(=O)N[C@@H](Cc2ccc(OC)cc2)C(=O)N(C)[C@@H](C)C(=O)N[C@@H](CC(=O)O)C(=O)N2CCC[C@H]2C(=O)N[C@@H](CN)C(=O)N[C@@H](CCCCN)C(=O)N2C[C@H](O)C[C@H]2C(=O)N[C@@H](Cc2c[nH]c3ccccc23)C(=O)C[C@@H](CC(=O)O)C(=O)N[C@@H](Cc2c[nH]c3ccccc23)C(=O)N1C. The molecule has 8 rings (SSSR count). The van der Waals surface area contributed by atoms with Crippen LogP contribution in [-0.4, -0.2) is 318 Å². The lowest BCUT2D eigenvalue weighted by Gasteiger charge is -2.36. The van der Waals surface area contributed by atoms with Gasteiger partial charge in [-0.15, -0.1) is 11.8 Å². The fraction of sp³-hybridized carbons (Fsp3) is 0.549. The van der Waals surface area contributed by atoms with Crippen molar-refractivity contribution in [1.29, 1.82) is 0 Å². The van der Waals surface area contributed by atoms with Crippen molar-refractivity contribution in [3.63, 3.8) is 0 Å². The zero-order chi connectivity index (χ0) is 98.3. The molecule has 42 nitrogen and oxygen atoms in total. The van der Waals surface area contributed by atoms with Crippen molar-refractivity contribution in [2.45, 2.75) is 247 Å². The van der Waals surface area contributed by atoms with E-state index in [0.717, 1.165) is 36.3 Å². The monoisotopic (exact) mass is 1890 g/mol. The van der Waals surface area contributed by atoms with Crippen molar-refractivity contribution >= 4 is 146 Å². The Labute approximate surface area is 778 Å². The van der Waals surface area contributed by atoms with Crippen molar-refractivity contribution in [1.82, 2.24) is 77.0 Å². The Morgan fingerprint density at radius 1 is 0.507 bits per heavy atom. The maximum atomic E-state index is 15.8. The molecule has 3 aromatic carbocycles. The number of likely N-dealkylation sites (N-methyl/N-ethyl adjacent to an activating group) is 3. The van der Waals surface area contributed by atoms with Crippen LogP contribution in [0, 0.1) is 5.92 Å². The molecule has 3 saturated heterocycles. The molecule has 5 heterocycles. The molecule has 3 aliphatic heterocycles. The number of ketones is 2. The number of aromatic amines is 2. The predicted molar refractivity (Wildman–Crippen MR) is 489 cm³/mol. The van der Waals surface area contributed by atoms with Crippen LogP contribution >= 0.6 is 11.8 Å². The molecule has 0 saturated carbocycles. The predicted octanol–water partition coefficient (Wildman–Crippen LogP) is -0.543. The Balaban J connectivity index is 1.20. The highest BCUT2D eigenvalue weighted by Gasteiger charge is 2.47. The van der Waals surface area contributed by atoms with Crippen molar-refractivity contribution < 1.29 is 116 Å². The number of hydrogen-bond acceptors (Lipinski definition) is 24. The van der Waals surface area contributed by atoms with Crippen LogP contribution in [0.3, 0.4) is 0 Å². The summed E-state index contributed by atoms with van der Waals surface area (Å²) < 4.78 is 5.32. The number of H-pyrrole nitrogens is 2. The number of carbonyl (C=O) groups is 19. The topological polar surface area (TPSA) is 637 Å². The number of thioether (sulfide) groups is 1. The summed E-state index contributed by atoms with van der Waals surface area (Å²) in [6.07, 6.45) is -3.39. The largest absolute Gasteiger partial charge is 0.497 e. The molecule has 3 aliphatic rings. The number of aliphatic hydroxyl groups excluding tert-OH is 1.